The highest BCUT2D eigenvalue weighted by atomic mass is 16.5. The van der Waals surface area contributed by atoms with Crippen LogP contribution >= 0.6 is 0 Å². The Bertz CT molecular complexity index is 602. The third kappa shape index (κ3) is 3.02. The third-order valence-electron chi connectivity index (χ3n) is 3.24. The number of benzene rings is 1. The molecule has 0 saturated carbocycles. The Labute approximate surface area is 112 Å². The van der Waals surface area contributed by atoms with Crippen molar-refractivity contribution in [1.29, 1.82) is 0 Å². The summed E-state index contributed by atoms with van der Waals surface area (Å²) in [6.07, 6.45) is 0. The maximum Gasteiger partial charge on any atom is 0.273 e. The summed E-state index contributed by atoms with van der Waals surface area (Å²) in [6, 6.07) is 7.75. The minimum absolute atomic E-state index is 0.0659. The van der Waals surface area contributed by atoms with Gasteiger partial charge in [-0.15, -0.1) is 0 Å². The first-order valence-corrected chi connectivity index (χ1v) is 6.28. The van der Waals surface area contributed by atoms with E-state index in [1.807, 2.05) is 13.0 Å². The molecule has 100 valence electrons. The van der Waals surface area contributed by atoms with E-state index >= 15 is 0 Å². The molecular formula is C15H18N2O2. The van der Waals surface area contributed by atoms with E-state index in [4.69, 9.17) is 4.52 Å². The van der Waals surface area contributed by atoms with Crippen molar-refractivity contribution in [1.82, 2.24) is 10.5 Å². The van der Waals surface area contributed by atoms with Crippen molar-refractivity contribution in [3.05, 3.63) is 52.4 Å². The first kappa shape index (κ1) is 13.3. The molecule has 0 aliphatic carbocycles. The molecule has 2 rings (SSSR count). The average Bonchev–Trinajstić information content (AvgIpc) is 2.79. The van der Waals surface area contributed by atoms with Crippen LogP contribution < -0.4 is 5.32 Å². The van der Waals surface area contributed by atoms with E-state index in [2.05, 4.69) is 36.5 Å². The van der Waals surface area contributed by atoms with Crippen molar-refractivity contribution >= 4 is 5.91 Å². The summed E-state index contributed by atoms with van der Waals surface area (Å²) in [7, 11) is 0. The van der Waals surface area contributed by atoms with Crippen molar-refractivity contribution in [2.45, 2.75) is 33.7 Å². The van der Waals surface area contributed by atoms with E-state index in [0.29, 0.717) is 11.5 Å². The highest BCUT2D eigenvalue weighted by Crippen LogP contribution is 2.17. The normalized spacial score (nSPS) is 12.2. The molecule has 1 heterocycles. The van der Waals surface area contributed by atoms with Gasteiger partial charge in [0.25, 0.3) is 5.91 Å². The highest BCUT2D eigenvalue weighted by molar-refractivity contribution is 5.92. The van der Waals surface area contributed by atoms with Crippen molar-refractivity contribution in [2.24, 2.45) is 0 Å². The average molecular weight is 258 g/mol. The number of hydrogen-bond donors (Lipinski definition) is 1. The number of aromatic nitrogens is 1. The van der Waals surface area contributed by atoms with Gasteiger partial charge in [-0.1, -0.05) is 23.4 Å². The molecule has 0 saturated heterocycles. The molecule has 0 aliphatic heterocycles. The number of nitrogens with one attached hydrogen (secondary N) is 1. The van der Waals surface area contributed by atoms with Crippen molar-refractivity contribution in [3.63, 3.8) is 0 Å². The zero-order valence-electron chi connectivity index (χ0n) is 11.7. The minimum atomic E-state index is -0.220. The number of nitrogens with zero attached hydrogens (tertiary/aromatic N) is 1. The largest absolute Gasteiger partial charge is 0.361 e. The SMILES string of the molecule is Cc1cc(C(=O)N[C@H](C)c2ccc(C)c(C)c2)no1. The van der Waals surface area contributed by atoms with Gasteiger partial charge in [-0.25, -0.2) is 0 Å². The Balaban J connectivity index is 2.10. The molecule has 0 radical (unpaired) electrons. The Morgan fingerprint density at radius 2 is 1.95 bits per heavy atom. The fourth-order valence-electron chi connectivity index (χ4n) is 1.86. The lowest BCUT2D eigenvalue weighted by molar-refractivity contribution is 0.0930. The Morgan fingerprint density at radius 3 is 2.53 bits per heavy atom. The Hall–Kier alpha value is -2.10. The molecule has 4 nitrogen and oxygen atoms in total. The second-order valence-corrected chi connectivity index (χ2v) is 4.86. The van der Waals surface area contributed by atoms with Gasteiger partial charge in [0.15, 0.2) is 5.69 Å². The molecule has 0 fully saturated rings. The molecule has 1 amide bonds. The lowest BCUT2D eigenvalue weighted by Crippen LogP contribution is -2.26. The molecule has 19 heavy (non-hydrogen) atoms. The lowest BCUT2D eigenvalue weighted by atomic mass is 10.0. The van der Waals surface area contributed by atoms with Crippen LogP contribution in [-0.2, 0) is 0 Å². The summed E-state index contributed by atoms with van der Waals surface area (Å²) in [5, 5.41) is 6.62. The minimum Gasteiger partial charge on any atom is -0.361 e. The van der Waals surface area contributed by atoms with E-state index in [0.717, 1.165) is 5.56 Å². The molecule has 0 aliphatic rings. The number of carbonyl (C=O) groups excluding carboxylic acids is 1. The fourth-order valence-corrected chi connectivity index (χ4v) is 1.86. The maximum absolute atomic E-state index is 12.0. The fraction of sp³-hybridized carbons (Fsp3) is 0.333. The van der Waals surface area contributed by atoms with Gasteiger partial charge in [0, 0.05) is 6.07 Å². The topological polar surface area (TPSA) is 55.1 Å². The van der Waals surface area contributed by atoms with Crippen LogP contribution in [0.25, 0.3) is 0 Å². The van der Waals surface area contributed by atoms with E-state index in [1.54, 1.807) is 13.0 Å². The second-order valence-electron chi connectivity index (χ2n) is 4.86. The van der Waals surface area contributed by atoms with Crippen LogP contribution in [0.4, 0.5) is 0 Å². The summed E-state index contributed by atoms with van der Waals surface area (Å²) in [6.45, 7) is 7.85. The second kappa shape index (κ2) is 5.26. The van der Waals surface area contributed by atoms with Gasteiger partial charge in [-0.3, -0.25) is 4.79 Å². The van der Waals surface area contributed by atoms with Gasteiger partial charge in [-0.05, 0) is 44.4 Å². The van der Waals surface area contributed by atoms with Gasteiger partial charge in [0.2, 0.25) is 0 Å². The van der Waals surface area contributed by atoms with Crippen LogP contribution in [0.1, 0.15) is 45.9 Å². The maximum atomic E-state index is 12.0. The standard InChI is InChI=1S/C15H18N2O2/c1-9-5-6-13(7-10(9)2)12(4)16-15(18)14-8-11(3)19-17-14/h5-8,12H,1-4H3,(H,16,18)/t12-/m1/s1. The first-order valence-electron chi connectivity index (χ1n) is 6.28. The Morgan fingerprint density at radius 1 is 1.21 bits per heavy atom. The smallest absolute Gasteiger partial charge is 0.273 e. The van der Waals surface area contributed by atoms with Crippen LogP contribution in [0.15, 0.2) is 28.8 Å². The summed E-state index contributed by atoms with van der Waals surface area (Å²) < 4.78 is 4.90. The molecular weight excluding hydrogens is 240 g/mol. The van der Waals surface area contributed by atoms with Crippen LogP contribution in [0, 0.1) is 20.8 Å². The lowest BCUT2D eigenvalue weighted by Gasteiger charge is -2.14. The van der Waals surface area contributed by atoms with Crippen LogP contribution in [0.5, 0.6) is 0 Å². The quantitative estimate of drug-likeness (QED) is 0.920. The number of amides is 1. The molecule has 1 aromatic heterocycles. The summed E-state index contributed by atoms with van der Waals surface area (Å²) in [5.74, 6) is 0.409. The van der Waals surface area contributed by atoms with Gasteiger partial charge < -0.3 is 9.84 Å². The molecule has 1 aromatic carbocycles. The Kier molecular flexibility index (Phi) is 3.69. The van der Waals surface area contributed by atoms with Gasteiger partial charge in [0.05, 0.1) is 6.04 Å². The zero-order valence-corrected chi connectivity index (χ0v) is 11.7. The number of rotatable bonds is 3. The van der Waals surface area contributed by atoms with E-state index in [9.17, 15) is 4.79 Å². The summed E-state index contributed by atoms with van der Waals surface area (Å²) >= 11 is 0. The zero-order chi connectivity index (χ0) is 14.0. The van der Waals surface area contributed by atoms with Crippen LogP contribution in [0.2, 0.25) is 0 Å². The molecule has 0 unspecified atom stereocenters. The van der Waals surface area contributed by atoms with Gasteiger partial charge >= 0.3 is 0 Å². The van der Waals surface area contributed by atoms with Crippen molar-refractivity contribution in [3.8, 4) is 0 Å². The number of hydrogen-bond acceptors (Lipinski definition) is 3. The van der Waals surface area contributed by atoms with Crippen molar-refractivity contribution in [2.75, 3.05) is 0 Å². The molecule has 4 heteroatoms. The first-order chi connectivity index (χ1) is 8.97. The number of aryl methyl sites for hydroxylation is 3. The number of carbonyl (C=O) groups is 1. The summed E-state index contributed by atoms with van der Waals surface area (Å²) in [5.41, 5.74) is 3.86. The van der Waals surface area contributed by atoms with E-state index in [-0.39, 0.29) is 11.9 Å². The van der Waals surface area contributed by atoms with Gasteiger partial charge in [-0.2, -0.15) is 0 Å². The van der Waals surface area contributed by atoms with E-state index < -0.39 is 0 Å². The van der Waals surface area contributed by atoms with Crippen molar-refractivity contribution < 1.29 is 9.32 Å². The summed E-state index contributed by atoms with van der Waals surface area (Å²) in [4.78, 5) is 12.0. The monoisotopic (exact) mass is 258 g/mol. The molecule has 0 bridgehead atoms. The predicted octanol–water partition coefficient (Wildman–Crippen LogP) is 3.09. The van der Waals surface area contributed by atoms with Crippen LogP contribution in [-0.4, -0.2) is 11.1 Å². The predicted molar refractivity (Wildman–Crippen MR) is 73.0 cm³/mol. The van der Waals surface area contributed by atoms with Gasteiger partial charge in [0.1, 0.15) is 5.76 Å². The molecule has 0 spiro atoms. The molecule has 1 N–H and O–H groups in total. The third-order valence-corrected chi connectivity index (χ3v) is 3.24. The van der Waals surface area contributed by atoms with Crippen LogP contribution in [0.3, 0.4) is 0 Å². The molecule has 1 atom stereocenters. The highest BCUT2D eigenvalue weighted by Gasteiger charge is 2.15. The molecule has 2 aromatic rings. The van der Waals surface area contributed by atoms with E-state index in [1.165, 1.54) is 11.1 Å².